The summed E-state index contributed by atoms with van der Waals surface area (Å²) in [6.45, 7) is 0. The zero-order chi connectivity index (χ0) is 35.6. The fraction of sp³-hybridized carbons (Fsp3) is 0. The molecule has 0 saturated carbocycles. The van der Waals surface area contributed by atoms with E-state index >= 15 is 0 Å². The van der Waals surface area contributed by atoms with Crippen molar-refractivity contribution in [2.75, 3.05) is 0 Å². The van der Waals surface area contributed by atoms with Gasteiger partial charge in [0.05, 0.1) is 16.7 Å². The topological polar surface area (TPSA) is 56.7 Å². The zero-order valence-corrected chi connectivity index (χ0v) is 29.0. The first kappa shape index (κ1) is 30.3. The number of hydrogen-bond donors (Lipinski definition) is 0. The second kappa shape index (κ2) is 12.1. The van der Waals surface area contributed by atoms with E-state index < -0.39 is 0 Å². The lowest BCUT2D eigenvalue weighted by Gasteiger charge is -2.12. The fourth-order valence-electron chi connectivity index (χ4n) is 7.87. The van der Waals surface area contributed by atoms with E-state index in [1.165, 1.54) is 16.3 Å². The predicted molar refractivity (Wildman–Crippen MR) is 221 cm³/mol. The number of nitrogens with zero attached hydrogens (tertiary/aromatic N) is 4. The maximum atomic E-state index is 6.97. The summed E-state index contributed by atoms with van der Waals surface area (Å²) in [6.07, 6.45) is 0. The Balaban J connectivity index is 1.12. The SMILES string of the molecule is c1ccc(-c2ccc(-c3nc(-c4ccccc4)nc(-c4ccc5c(c4)oc4c(-n6c7ccccc7c7ccccc76)c6ccccc6cc45)n3)cc2)cc1. The van der Waals surface area contributed by atoms with Crippen LogP contribution in [0.25, 0.3) is 105 Å². The third-order valence-electron chi connectivity index (χ3n) is 10.4. The average molecular weight is 691 g/mol. The largest absolute Gasteiger partial charge is 0.454 e. The normalized spacial score (nSPS) is 11.7. The van der Waals surface area contributed by atoms with E-state index in [0.29, 0.717) is 17.5 Å². The number of fused-ring (bicyclic) bond motifs is 7. The minimum absolute atomic E-state index is 0.584. The van der Waals surface area contributed by atoms with Crippen molar-refractivity contribution in [3.05, 3.63) is 182 Å². The molecule has 8 aromatic carbocycles. The van der Waals surface area contributed by atoms with Crippen molar-refractivity contribution < 1.29 is 4.42 Å². The van der Waals surface area contributed by atoms with E-state index in [9.17, 15) is 0 Å². The second-order valence-corrected chi connectivity index (χ2v) is 13.6. The monoisotopic (exact) mass is 690 g/mol. The van der Waals surface area contributed by atoms with Crippen LogP contribution in [-0.4, -0.2) is 19.5 Å². The molecule has 3 aromatic heterocycles. The van der Waals surface area contributed by atoms with Gasteiger partial charge in [-0.05, 0) is 46.8 Å². The van der Waals surface area contributed by atoms with E-state index in [-0.39, 0.29) is 0 Å². The molecule has 0 bridgehead atoms. The van der Waals surface area contributed by atoms with Crippen molar-refractivity contribution in [2.45, 2.75) is 0 Å². The van der Waals surface area contributed by atoms with Gasteiger partial charge in [0, 0.05) is 43.6 Å². The first-order valence-corrected chi connectivity index (χ1v) is 18.1. The minimum atomic E-state index is 0.584. The molecule has 0 unspecified atom stereocenters. The summed E-state index contributed by atoms with van der Waals surface area (Å²) in [5.74, 6) is 1.82. The van der Waals surface area contributed by atoms with Gasteiger partial charge in [0.15, 0.2) is 23.1 Å². The molecule has 0 spiro atoms. The predicted octanol–water partition coefficient (Wildman–Crippen LogP) is 12.7. The lowest BCUT2D eigenvalue weighted by Crippen LogP contribution is -2.00. The highest BCUT2D eigenvalue weighted by Crippen LogP contribution is 2.42. The lowest BCUT2D eigenvalue weighted by molar-refractivity contribution is 0.667. The van der Waals surface area contributed by atoms with Crippen molar-refractivity contribution in [3.8, 4) is 51.0 Å². The van der Waals surface area contributed by atoms with E-state index in [1.54, 1.807) is 0 Å². The number of rotatable bonds is 5. The van der Waals surface area contributed by atoms with Crippen LogP contribution in [0.15, 0.2) is 186 Å². The molecule has 0 saturated heterocycles. The van der Waals surface area contributed by atoms with E-state index in [1.807, 2.05) is 36.4 Å². The summed E-state index contributed by atoms with van der Waals surface area (Å²) in [4.78, 5) is 15.1. The summed E-state index contributed by atoms with van der Waals surface area (Å²) in [7, 11) is 0. The Kier molecular flexibility index (Phi) is 6.79. The minimum Gasteiger partial charge on any atom is -0.454 e. The molecule has 11 aromatic rings. The number of furan rings is 1. The van der Waals surface area contributed by atoms with Crippen LogP contribution in [0.2, 0.25) is 0 Å². The highest BCUT2D eigenvalue weighted by atomic mass is 16.3. The number of para-hydroxylation sites is 2. The van der Waals surface area contributed by atoms with Gasteiger partial charge in [-0.3, -0.25) is 0 Å². The van der Waals surface area contributed by atoms with Gasteiger partial charge < -0.3 is 8.98 Å². The first-order valence-electron chi connectivity index (χ1n) is 18.1. The van der Waals surface area contributed by atoms with Crippen LogP contribution in [0, 0.1) is 0 Å². The van der Waals surface area contributed by atoms with Crippen LogP contribution in [0.1, 0.15) is 0 Å². The Hall–Kier alpha value is -7.37. The van der Waals surface area contributed by atoms with Crippen LogP contribution in [0.4, 0.5) is 0 Å². The van der Waals surface area contributed by atoms with Crippen molar-refractivity contribution in [1.29, 1.82) is 0 Å². The van der Waals surface area contributed by atoms with E-state index in [0.717, 1.165) is 71.7 Å². The molecule has 5 heteroatoms. The summed E-state index contributed by atoms with van der Waals surface area (Å²) in [5.41, 5.74) is 9.93. The highest BCUT2D eigenvalue weighted by molar-refractivity contribution is 6.18. The zero-order valence-electron chi connectivity index (χ0n) is 29.0. The van der Waals surface area contributed by atoms with Gasteiger partial charge in [-0.1, -0.05) is 152 Å². The van der Waals surface area contributed by atoms with Gasteiger partial charge in [0.2, 0.25) is 0 Å². The molecule has 252 valence electrons. The fourth-order valence-corrected chi connectivity index (χ4v) is 7.87. The second-order valence-electron chi connectivity index (χ2n) is 13.6. The molecule has 0 fully saturated rings. The van der Waals surface area contributed by atoms with Crippen LogP contribution < -0.4 is 0 Å². The van der Waals surface area contributed by atoms with E-state index in [2.05, 4.69) is 150 Å². The Morgan fingerprint density at radius 1 is 0.352 bits per heavy atom. The molecule has 0 N–H and O–H groups in total. The third kappa shape index (κ3) is 4.83. The molecule has 0 aliphatic heterocycles. The Morgan fingerprint density at radius 3 is 1.50 bits per heavy atom. The van der Waals surface area contributed by atoms with Gasteiger partial charge in [-0.25, -0.2) is 15.0 Å². The average Bonchev–Trinajstić information content (AvgIpc) is 3.78. The van der Waals surface area contributed by atoms with Crippen molar-refractivity contribution in [3.63, 3.8) is 0 Å². The maximum Gasteiger partial charge on any atom is 0.164 e. The number of aromatic nitrogens is 4. The molecule has 54 heavy (non-hydrogen) atoms. The number of hydrogen-bond acceptors (Lipinski definition) is 4. The summed E-state index contributed by atoms with van der Waals surface area (Å²) in [6, 6.07) is 63.2. The summed E-state index contributed by atoms with van der Waals surface area (Å²) >= 11 is 0. The van der Waals surface area contributed by atoms with E-state index in [4.69, 9.17) is 19.4 Å². The number of benzene rings is 8. The summed E-state index contributed by atoms with van der Waals surface area (Å²) in [5, 5.41) is 6.80. The molecule has 3 heterocycles. The van der Waals surface area contributed by atoms with Crippen molar-refractivity contribution in [2.24, 2.45) is 0 Å². The molecule has 0 radical (unpaired) electrons. The van der Waals surface area contributed by atoms with Crippen LogP contribution >= 0.6 is 0 Å². The molecule has 11 rings (SSSR count). The molecular weight excluding hydrogens is 661 g/mol. The highest BCUT2D eigenvalue weighted by Gasteiger charge is 2.21. The quantitative estimate of drug-likeness (QED) is 0.180. The van der Waals surface area contributed by atoms with Gasteiger partial charge in [-0.2, -0.15) is 0 Å². The summed E-state index contributed by atoms with van der Waals surface area (Å²) < 4.78 is 9.34. The first-order chi connectivity index (χ1) is 26.8. The van der Waals surface area contributed by atoms with Crippen molar-refractivity contribution in [1.82, 2.24) is 19.5 Å². The van der Waals surface area contributed by atoms with Crippen LogP contribution in [0.3, 0.4) is 0 Å². The molecule has 0 atom stereocenters. The molecule has 0 aliphatic carbocycles. The van der Waals surface area contributed by atoms with Gasteiger partial charge >= 0.3 is 0 Å². The standard InChI is InChI=1S/C49H30N4O/c1-3-13-31(14-4-1)32-23-25-34(26-24-32)48-50-47(33-15-5-2-6-16-33)51-49(52-48)36-27-28-40-41-29-35-17-7-8-18-37(35)45(46(41)54-44(40)30-36)53-42-21-11-9-19-38(42)39-20-10-12-22-43(39)53/h1-30H. The molecule has 5 nitrogen and oxygen atoms in total. The molecule has 0 aliphatic rings. The van der Waals surface area contributed by atoms with Gasteiger partial charge in [-0.15, -0.1) is 0 Å². The third-order valence-corrected chi connectivity index (χ3v) is 10.4. The van der Waals surface area contributed by atoms with Crippen molar-refractivity contribution >= 4 is 54.5 Å². The Morgan fingerprint density at radius 2 is 0.833 bits per heavy atom. The van der Waals surface area contributed by atoms with Crippen LogP contribution in [0.5, 0.6) is 0 Å². The van der Waals surface area contributed by atoms with Crippen LogP contribution in [-0.2, 0) is 0 Å². The Labute approximate surface area is 310 Å². The maximum absolute atomic E-state index is 6.97. The lowest BCUT2D eigenvalue weighted by atomic mass is 10.0. The molecule has 0 amide bonds. The smallest absolute Gasteiger partial charge is 0.164 e. The van der Waals surface area contributed by atoms with Gasteiger partial charge in [0.25, 0.3) is 0 Å². The molecular formula is C49H30N4O. The van der Waals surface area contributed by atoms with Gasteiger partial charge in [0.1, 0.15) is 5.58 Å². The Bertz CT molecular complexity index is 3150.